The number of esters is 1. The summed E-state index contributed by atoms with van der Waals surface area (Å²) < 4.78 is 30.2. The van der Waals surface area contributed by atoms with Gasteiger partial charge in [-0.1, -0.05) is 30.4 Å². The highest BCUT2D eigenvalue weighted by molar-refractivity contribution is 7.85. The summed E-state index contributed by atoms with van der Waals surface area (Å²) in [5, 5.41) is 0. The maximum absolute atomic E-state index is 13.4. The Morgan fingerprint density at radius 3 is 2.77 bits per heavy atom. The second-order valence-electron chi connectivity index (χ2n) is 8.45. The molecule has 0 bridgehead atoms. The van der Waals surface area contributed by atoms with E-state index >= 15 is 0 Å². The van der Waals surface area contributed by atoms with Crippen LogP contribution in [0.1, 0.15) is 19.3 Å². The Morgan fingerprint density at radius 1 is 1.29 bits per heavy atom. The third-order valence-corrected chi connectivity index (χ3v) is 8.78. The largest absolute Gasteiger partial charge is 0.469 e. The topological polar surface area (TPSA) is 85.4 Å². The predicted octanol–water partition coefficient (Wildman–Crippen LogP) is 1.95. The molecule has 3 aliphatic heterocycles. The van der Waals surface area contributed by atoms with Crippen molar-refractivity contribution < 1.29 is 28.0 Å². The Balaban J connectivity index is 1.57. The van der Waals surface area contributed by atoms with Crippen LogP contribution in [0.15, 0.2) is 59.0 Å². The van der Waals surface area contributed by atoms with E-state index in [9.17, 15) is 13.8 Å². The highest BCUT2D eigenvalue weighted by atomic mass is 32.2. The van der Waals surface area contributed by atoms with Gasteiger partial charge in [0.1, 0.15) is 5.60 Å². The first kappa shape index (κ1) is 20.6. The van der Waals surface area contributed by atoms with Gasteiger partial charge in [-0.2, -0.15) is 0 Å². The number of carbonyl (C=O) groups excluding carboxylic acids is 2. The van der Waals surface area contributed by atoms with Crippen LogP contribution in [-0.4, -0.2) is 64.4 Å². The van der Waals surface area contributed by atoms with Crippen molar-refractivity contribution in [2.75, 3.05) is 20.8 Å². The number of piperidine rings is 1. The lowest BCUT2D eigenvalue weighted by molar-refractivity contribution is -0.150. The molecule has 7 nitrogen and oxygen atoms in total. The van der Waals surface area contributed by atoms with Crippen LogP contribution in [0.3, 0.4) is 0 Å². The molecule has 1 amide bonds. The van der Waals surface area contributed by atoms with Gasteiger partial charge in [0.25, 0.3) is 0 Å². The molecule has 0 aromatic heterocycles. The number of nitrogens with zero attached hydrogens (tertiary/aromatic N) is 1. The normalized spacial score (nSPS) is 36.6. The molecule has 0 saturated carbocycles. The zero-order chi connectivity index (χ0) is 21.8. The van der Waals surface area contributed by atoms with Crippen molar-refractivity contribution in [3.8, 4) is 0 Å². The highest BCUT2D eigenvalue weighted by Crippen LogP contribution is 2.62. The maximum Gasteiger partial charge on any atom is 0.306 e. The molecule has 2 spiro atoms. The van der Waals surface area contributed by atoms with Gasteiger partial charge in [0.05, 0.1) is 36.0 Å². The molecule has 6 atom stereocenters. The van der Waals surface area contributed by atoms with Crippen LogP contribution in [0.25, 0.3) is 0 Å². The summed E-state index contributed by atoms with van der Waals surface area (Å²) in [6.45, 7) is 0.475. The average molecular weight is 444 g/mol. The lowest BCUT2D eigenvalue weighted by Crippen LogP contribution is -2.65. The lowest BCUT2D eigenvalue weighted by Gasteiger charge is -2.54. The minimum Gasteiger partial charge on any atom is -0.469 e. The Morgan fingerprint density at radius 2 is 2.06 bits per heavy atom. The zero-order valence-electron chi connectivity index (χ0n) is 17.5. The van der Waals surface area contributed by atoms with Crippen LogP contribution in [0.4, 0.5) is 0 Å². The van der Waals surface area contributed by atoms with Gasteiger partial charge in [-0.25, -0.2) is 0 Å². The molecule has 3 heterocycles. The van der Waals surface area contributed by atoms with E-state index in [0.29, 0.717) is 24.3 Å². The van der Waals surface area contributed by atoms with Crippen molar-refractivity contribution >= 4 is 22.7 Å². The molecular weight excluding hydrogens is 418 g/mol. The fourth-order valence-electron chi connectivity index (χ4n) is 5.65. The summed E-state index contributed by atoms with van der Waals surface area (Å²) in [5.74, 6) is -0.829. The van der Waals surface area contributed by atoms with Gasteiger partial charge in [0.2, 0.25) is 5.91 Å². The summed E-state index contributed by atoms with van der Waals surface area (Å²) in [4.78, 5) is 27.9. The van der Waals surface area contributed by atoms with Gasteiger partial charge < -0.3 is 19.1 Å². The molecule has 1 aromatic carbocycles. The van der Waals surface area contributed by atoms with Gasteiger partial charge in [0.15, 0.2) is 5.44 Å². The number of rotatable bonds is 5. The minimum absolute atomic E-state index is 0.0671. The molecule has 2 unspecified atom stereocenters. The summed E-state index contributed by atoms with van der Waals surface area (Å²) in [6, 6.07) is 9.22. The molecule has 164 valence electrons. The van der Waals surface area contributed by atoms with E-state index < -0.39 is 27.4 Å². The summed E-state index contributed by atoms with van der Waals surface area (Å²) in [6.07, 6.45) is 6.43. The lowest BCUT2D eigenvalue weighted by atomic mass is 9.62. The van der Waals surface area contributed by atoms with E-state index in [2.05, 4.69) is 0 Å². The van der Waals surface area contributed by atoms with Crippen LogP contribution in [0.5, 0.6) is 0 Å². The van der Waals surface area contributed by atoms with Gasteiger partial charge >= 0.3 is 5.97 Å². The predicted molar refractivity (Wildman–Crippen MR) is 112 cm³/mol. The van der Waals surface area contributed by atoms with Crippen LogP contribution >= 0.6 is 0 Å². The van der Waals surface area contributed by atoms with Crippen molar-refractivity contribution in [2.45, 2.75) is 46.8 Å². The van der Waals surface area contributed by atoms with Crippen molar-refractivity contribution in [2.24, 2.45) is 5.92 Å². The van der Waals surface area contributed by atoms with E-state index in [0.717, 1.165) is 5.57 Å². The first-order valence-electron chi connectivity index (χ1n) is 10.4. The van der Waals surface area contributed by atoms with E-state index in [1.807, 2.05) is 47.4 Å². The molecule has 0 N–H and O–H groups in total. The molecular formula is C23H25NO6S. The molecule has 2 saturated heterocycles. The van der Waals surface area contributed by atoms with Crippen molar-refractivity contribution in [1.82, 2.24) is 4.90 Å². The first-order valence-corrected chi connectivity index (χ1v) is 11.6. The maximum atomic E-state index is 13.4. The van der Waals surface area contributed by atoms with E-state index in [4.69, 9.17) is 14.2 Å². The first-order chi connectivity index (χ1) is 15.0. The molecule has 31 heavy (non-hydrogen) atoms. The van der Waals surface area contributed by atoms with Crippen LogP contribution < -0.4 is 0 Å². The van der Waals surface area contributed by atoms with E-state index in [-0.39, 0.29) is 30.3 Å². The molecule has 0 radical (unpaired) electrons. The smallest absolute Gasteiger partial charge is 0.306 e. The van der Waals surface area contributed by atoms with Gasteiger partial charge in [-0.3, -0.25) is 13.8 Å². The summed E-state index contributed by atoms with van der Waals surface area (Å²) >= 11 is 0. The molecule has 1 aromatic rings. The Hall–Kier alpha value is -2.29. The number of hydrogen-bond donors (Lipinski definition) is 0. The van der Waals surface area contributed by atoms with Crippen LogP contribution in [0, 0.1) is 5.92 Å². The highest BCUT2D eigenvalue weighted by Gasteiger charge is 2.74. The average Bonchev–Trinajstić information content (AvgIpc) is 3.43. The number of amides is 1. The molecule has 5 rings (SSSR count). The quantitative estimate of drug-likeness (QED) is 0.511. The number of ether oxygens (including phenoxy) is 3. The van der Waals surface area contributed by atoms with E-state index in [1.54, 1.807) is 13.2 Å². The number of benzene rings is 1. The molecule has 2 fully saturated rings. The Bertz CT molecular complexity index is 1010. The third-order valence-electron chi connectivity index (χ3n) is 7.16. The number of methoxy groups -OCH3 is 2. The van der Waals surface area contributed by atoms with Crippen molar-refractivity contribution in [3.63, 3.8) is 0 Å². The number of carbonyl (C=O) groups is 2. The Labute approximate surface area is 183 Å². The molecule has 1 aliphatic carbocycles. The van der Waals surface area contributed by atoms with Gasteiger partial charge in [-0.15, -0.1) is 0 Å². The summed E-state index contributed by atoms with van der Waals surface area (Å²) in [5.41, 5.74) is -1.18. The third kappa shape index (κ3) is 2.96. The van der Waals surface area contributed by atoms with E-state index in [1.165, 1.54) is 7.11 Å². The second kappa shape index (κ2) is 7.39. The number of epoxide rings is 1. The molecule has 8 heteroatoms. The minimum atomic E-state index is -1.39. The molecule has 4 aliphatic rings. The van der Waals surface area contributed by atoms with Crippen LogP contribution in [-0.2, 0) is 34.6 Å². The van der Waals surface area contributed by atoms with Gasteiger partial charge in [0, 0.05) is 37.0 Å². The Kier molecular flexibility index (Phi) is 4.91. The fourth-order valence-corrected chi connectivity index (χ4v) is 7.23. The van der Waals surface area contributed by atoms with Crippen molar-refractivity contribution in [1.29, 1.82) is 0 Å². The summed E-state index contributed by atoms with van der Waals surface area (Å²) in [7, 11) is 1.60. The SMILES string of the molecule is COC(=O)C[C@H]1[C@@]2(CCN3C(=O)C=C4C=C[C@H](OC)C[C@]413)OC2S(=O)c1ccccc1. The van der Waals surface area contributed by atoms with Crippen LogP contribution in [0.2, 0.25) is 0 Å². The number of hydrogen-bond acceptors (Lipinski definition) is 6. The zero-order valence-corrected chi connectivity index (χ0v) is 18.3. The monoisotopic (exact) mass is 443 g/mol. The second-order valence-corrected chi connectivity index (χ2v) is 9.94. The van der Waals surface area contributed by atoms with Crippen molar-refractivity contribution in [3.05, 3.63) is 54.1 Å². The van der Waals surface area contributed by atoms with Gasteiger partial charge in [-0.05, 0) is 24.1 Å². The standard InChI is InChI=1S/C23H25NO6S/c1-28-16-9-8-15-12-19(25)24-11-10-23(18(13-20(26)29-2)22(15,24)14-16)21(30-23)31(27)17-6-4-3-5-7-17/h3-9,12,16,18,21H,10-11,13-14H2,1-2H3/t16-,18+,21?,22-,23+,31?/m0/s1. The fraction of sp³-hybridized carbons (Fsp3) is 0.478.